The number of piperidine rings is 1. The van der Waals surface area contributed by atoms with Crippen LogP contribution in [0.4, 0.5) is 0 Å². The van der Waals surface area contributed by atoms with Crippen molar-refractivity contribution in [2.45, 2.75) is 32.4 Å². The summed E-state index contributed by atoms with van der Waals surface area (Å²) in [7, 11) is 3.81. The Hall–Kier alpha value is -1.39. The highest BCUT2D eigenvalue weighted by molar-refractivity contribution is 5.94. The molecule has 4 nitrogen and oxygen atoms in total. The number of benzene rings is 1. The number of methoxy groups -OCH3 is 1. The molecule has 1 saturated heterocycles. The lowest BCUT2D eigenvalue weighted by molar-refractivity contribution is 0.101. The van der Waals surface area contributed by atoms with Crippen molar-refractivity contribution in [2.75, 3.05) is 27.2 Å². The third-order valence-corrected chi connectivity index (χ3v) is 4.00. The van der Waals surface area contributed by atoms with E-state index in [9.17, 15) is 4.79 Å². The van der Waals surface area contributed by atoms with Crippen LogP contribution < -0.4 is 10.1 Å². The molecule has 1 fully saturated rings. The van der Waals surface area contributed by atoms with Crippen molar-refractivity contribution in [1.29, 1.82) is 0 Å². The first kappa shape index (κ1) is 15.0. The molecule has 0 aliphatic carbocycles. The van der Waals surface area contributed by atoms with Crippen LogP contribution in [0.15, 0.2) is 18.2 Å². The molecular formula is C16H24N2O2. The normalized spacial score (nSPS) is 19.1. The second-order valence-corrected chi connectivity index (χ2v) is 5.50. The molecule has 0 aromatic heterocycles. The highest BCUT2D eigenvalue weighted by Gasteiger charge is 2.19. The number of nitrogens with zero attached hydrogens (tertiary/aromatic N) is 1. The molecule has 4 heteroatoms. The molecule has 1 aliphatic heterocycles. The van der Waals surface area contributed by atoms with Gasteiger partial charge in [0.25, 0.3) is 0 Å². The standard InChI is InChI=1S/C16H24N2O2/c1-12(19)13-6-7-16(20-3)14(9-13)11-18(2)15-5-4-8-17-10-15/h6-7,9,15,17H,4-5,8,10-11H2,1-3H3. The molecule has 0 bridgehead atoms. The molecule has 1 heterocycles. The van der Waals surface area contributed by atoms with Gasteiger partial charge in [0.1, 0.15) is 5.75 Å². The zero-order chi connectivity index (χ0) is 14.5. The molecule has 0 radical (unpaired) electrons. The number of likely N-dealkylation sites (N-methyl/N-ethyl adjacent to an activating group) is 1. The maximum absolute atomic E-state index is 11.5. The number of Topliss-reactive ketones (excluding diaryl/α,β-unsaturated/α-hetero) is 1. The fourth-order valence-electron chi connectivity index (χ4n) is 2.73. The van der Waals surface area contributed by atoms with Crippen molar-refractivity contribution in [1.82, 2.24) is 10.2 Å². The van der Waals surface area contributed by atoms with E-state index in [0.29, 0.717) is 6.04 Å². The van der Waals surface area contributed by atoms with E-state index in [4.69, 9.17) is 4.74 Å². The summed E-state index contributed by atoms with van der Waals surface area (Å²) in [6.45, 7) is 4.55. The number of ether oxygens (including phenoxy) is 1. The van der Waals surface area contributed by atoms with Crippen LogP contribution in [0.1, 0.15) is 35.7 Å². The smallest absolute Gasteiger partial charge is 0.159 e. The van der Waals surface area contributed by atoms with Crippen molar-refractivity contribution in [3.05, 3.63) is 29.3 Å². The Labute approximate surface area is 121 Å². The van der Waals surface area contributed by atoms with Crippen LogP contribution in [0.5, 0.6) is 5.75 Å². The summed E-state index contributed by atoms with van der Waals surface area (Å²) < 4.78 is 5.41. The van der Waals surface area contributed by atoms with Gasteiger partial charge < -0.3 is 10.1 Å². The van der Waals surface area contributed by atoms with Crippen LogP contribution in [0, 0.1) is 0 Å². The molecule has 1 aromatic carbocycles. The predicted molar refractivity (Wildman–Crippen MR) is 80.4 cm³/mol. The average Bonchev–Trinajstić information content (AvgIpc) is 2.48. The van der Waals surface area contributed by atoms with Crippen molar-refractivity contribution in [3.63, 3.8) is 0 Å². The first-order chi connectivity index (χ1) is 9.61. The monoisotopic (exact) mass is 276 g/mol. The molecule has 1 atom stereocenters. The summed E-state index contributed by atoms with van der Waals surface area (Å²) in [5, 5.41) is 3.43. The molecular weight excluding hydrogens is 252 g/mol. The molecule has 0 spiro atoms. The van der Waals surface area contributed by atoms with E-state index in [1.165, 1.54) is 12.8 Å². The summed E-state index contributed by atoms with van der Waals surface area (Å²) in [6.07, 6.45) is 2.44. The Bertz CT molecular complexity index is 468. The van der Waals surface area contributed by atoms with Gasteiger partial charge in [0.05, 0.1) is 7.11 Å². The topological polar surface area (TPSA) is 41.6 Å². The Morgan fingerprint density at radius 2 is 2.30 bits per heavy atom. The van der Waals surface area contributed by atoms with Gasteiger partial charge in [-0.2, -0.15) is 0 Å². The van der Waals surface area contributed by atoms with Gasteiger partial charge in [-0.05, 0) is 51.6 Å². The van der Waals surface area contributed by atoms with E-state index >= 15 is 0 Å². The fraction of sp³-hybridized carbons (Fsp3) is 0.562. The van der Waals surface area contributed by atoms with Crippen LogP contribution in [-0.4, -0.2) is 44.0 Å². The zero-order valence-corrected chi connectivity index (χ0v) is 12.6. The zero-order valence-electron chi connectivity index (χ0n) is 12.6. The van der Waals surface area contributed by atoms with Crippen molar-refractivity contribution in [2.24, 2.45) is 0 Å². The highest BCUT2D eigenvalue weighted by Crippen LogP contribution is 2.23. The lowest BCUT2D eigenvalue weighted by atomic mass is 10.0. The van der Waals surface area contributed by atoms with Crippen molar-refractivity contribution < 1.29 is 9.53 Å². The molecule has 1 aliphatic rings. The predicted octanol–water partition coefficient (Wildman–Crippen LogP) is 2.08. The van der Waals surface area contributed by atoms with Crippen LogP contribution in [0.3, 0.4) is 0 Å². The maximum atomic E-state index is 11.5. The number of ketones is 1. The quantitative estimate of drug-likeness (QED) is 0.836. The van der Waals surface area contributed by atoms with E-state index < -0.39 is 0 Å². The molecule has 110 valence electrons. The second kappa shape index (κ2) is 6.86. The van der Waals surface area contributed by atoms with E-state index in [2.05, 4.69) is 17.3 Å². The lowest BCUT2D eigenvalue weighted by Gasteiger charge is -2.32. The van der Waals surface area contributed by atoms with Gasteiger partial charge in [0.15, 0.2) is 5.78 Å². The van der Waals surface area contributed by atoms with Crippen LogP contribution >= 0.6 is 0 Å². The van der Waals surface area contributed by atoms with E-state index in [-0.39, 0.29) is 5.78 Å². The first-order valence-corrected chi connectivity index (χ1v) is 7.20. The summed E-state index contributed by atoms with van der Waals surface area (Å²) in [6, 6.07) is 6.22. The summed E-state index contributed by atoms with van der Waals surface area (Å²) in [5.41, 5.74) is 1.82. The molecule has 2 rings (SSSR count). The number of hydrogen-bond acceptors (Lipinski definition) is 4. The molecule has 0 amide bonds. The van der Waals surface area contributed by atoms with Crippen molar-refractivity contribution >= 4 is 5.78 Å². The van der Waals surface area contributed by atoms with Gasteiger partial charge in [0.2, 0.25) is 0 Å². The fourth-order valence-corrected chi connectivity index (χ4v) is 2.73. The Morgan fingerprint density at radius 1 is 1.50 bits per heavy atom. The summed E-state index contributed by atoms with van der Waals surface area (Å²) >= 11 is 0. The van der Waals surface area contributed by atoms with Gasteiger partial charge in [-0.15, -0.1) is 0 Å². The SMILES string of the molecule is COc1ccc(C(C)=O)cc1CN(C)C1CCCNC1. The van der Waals surface area contributed by atoms with Gasteiger partial charge in [-0.25, -0.2) is 0 Å². The maximum Gasteiger partial charge on any atom is 0.159 e. The number of carbonyl (C=O) groups excluding carboxylic acids is 1. The molecule has 20 heavy (non-hydrogen) atoms. The van der Waals surface area contributed by atoms with Crippen LogP contribution in [0.25, 0.3) is 0 Å². The number of rotatable bonds is 5. The van der Waals surface area contributed by atoms with Crippen LogP contribution in [-0.2, 0) is 6.54 Å². The average molecular weight is 276 g/mol. The minimum absolute atomic E-state index is 0.0934. The third kappa shape index (κ3) is 3.58. The Balaban J connectivity index is 2.13. The minimum atomic E-state index is 0.0934. The minimum Gasteiger partial charge on any atom is -0.496 e. The van der Waals surface area contributed by atoms with E-state index in [1.807, 2.05) is 18.2 Å². The van der Waals surface area contributed by atoms with E-state index in [1.54, 1.807) is 14.0 Å². The van der Waals surface area contributed by atoms with Crippen molar-refractivity contribution in [3.8, 4) is 5.75 Å². The Kier molecular flexibility index (Phi) is 5.15. The van der Waals surface area contributed by atoms with E-state index in [0.717, 1.165) is 36.5 Å². The summed E-state index contributed by atoms with van der Waals surface area (Å²) in [4.78, 5) is 13.9. The molecule has 1 N–H and O–H groups in total. The van der Waals surface area contributed by atoms with Crippen LogP contribution in [0.2, 0.25) is 0 Å². The van der Waals surface area contributed by atoms with Gasteiger partial charge in [-0.1, -0.05) is 0 Å². The number of nitrogens with one attached hydrogen (secondary N) is 1. The van der Waals surface area contributed by atoms with Gasteiger partial charge in [-0.3, -0.25) is 9.69 Å². The number of hydrogen-bond donors (Lipinski definition) is 1. The lowest BCUT2D eigenvalue weighted by Crippen LogP contribution is -2.43. The van der Waals surface area contributed by atoms with Gasteiger partial charge >= 0.3 is 0 Å². The molecule has 1 aromatic rings. The molecule has 1 unspecified atom stereocenters. The Morgan fingerprint density at radius 3 is 2.90 bits per heavy atom. The highest BCUT2D eigenvalue weighted by atomic mass is 16.5. The van der Waals surface area contributed by atoms with Gasteiger partial charge in [0, 0.05) is 30.3 Å². The summed E-state index contributed by atoms with van der Waals surface area (Å²) in [5.74, 6) is 0.946. The first-order valence-electron chi connectivity index (χ1n) is 7.20. The number of carbonyl (C=O) groups is 1. The largest absolute Gasteiger partial charge is 0.496 e. The second-order valence-electron chi connectivity index (χ2n) is 5.50. The third-order valence-electron chi connectivity index (χ3n) is 4.00. The molecule has 0 saturated carbocycles.